The van der Waals surface area contributed by atoms with Gasteiger partial charge in [0, 0.05) is 23.0 Å². The van der Waals surface area contributed by atoms with Crippen molar-refractivity contribution in [2.75, 3.05) is 0 Å². The molecule has 0 aliphatic rings. The third-order valence-electron chi connectivity index (χ3n) is 2.55. The molecule has 0 saturated heterocycles. The lowest BCUT2D eigenvalue weighted by Gasteiger charge is -1.95. The first-order valence-electron chi connectivity index (χ1n) is 5.12. The van der Waals surface area contributed by atoms with Crippen LogP contribution in [0.3, 0.4) is 0 Å². The number of nitrogens with zero attached hydrogens (tertiary/aromatic N) is 2. The highest BCUT2D eigenvalue weighted by molar-refractivity contribution is 6.30. The molecule has 0 aliphatic carbocycles. The second-order valence-electron chi connectivity index (χ2n) is 3.75. The van der Waals surface area contributed by atoms with E-state index in [2.05, 4.69) is 4.98 Å². The number of hydrogen-bond donors (Lipinski definition) is 0. The predicted octanol–water partition coefficient (Wildman–Crippen LogP) is 4.31. The Hall–Kier alpha value is -1.51. The topological polar surface area (TPSA) is 17.3 Å². The number of pyridine rings is 1. The third-order valence-corrected chi connectivity index (χ3v) is 3.03. The van der Waals surface area contributed by atoms with Crippen molar-refractivity contribution in [1.82, 2.24) is 9.38 Å². The maximum absolute atomic E-state index is 5.93. The van der Waals surface area contributed by atoms with E-state index in [4.69, 9.17) is 23.2 Å². The summed E-state index contributed by atoms with van der Waals surface area (Å²) in [5, 5.41) is 1.41. The number of halogens is 2. The summed E-state index contributed by atoms with van der Waals surface area (Å²) in [6.07, 6.45) is 3.79. The molecule has 0 fully saturated rings. The minimum Gasteiger partial charge on any atom is -0.305 e. The van der Waals surface area contributed by atoms with E-state index < -0.39 is 0 Å². The van der Waals surface area contributed by atoms with Gasteiger partial charge in [-0.3, -0.25) is 0 Å². The molecule has 2 aromatic heterocycles. The van der Waals surface area contributed by atoms with Gasteiger partial charge in [-0.15, -0.1) is 0 Å². The summed E-state index contributed by atoms with van der Waals surface area (Å²) in [5.74, 6) is 0. The van der Waals surface area contributed by atoms with Gasteiger partial charge in [0.05, 0.1) is 10.7 Å². The average Bonchev–Trinajstić information content (AvgIpc) is 2.72. The van der Waals surface area contributed by atoms with Crippen molar-refractivity contribution in [1.29, 1.82) is 0 Å². The second kappa shape index (κ2) is 4.06. The molecular weight excluding hydrogens is 255 g/mol. The highest BCUT2D eigenvalue weighted by atomic mass is 35.5. The molecule has 3 aromatic rings. The maximum atomic E-state index is 5.93. The number of imidazole rings is 1. The molecule has 0 aliphatic heterocycles. The molecule has 1 aromatic carbocycles. The van der Waals surface area contributed by atoms with Crippen LogP contribution in [0.1, 0.15) is 0 Å². The summed E-state index contributed by atoms with van der Waals surface area (Å²) in [6, 6.07) is 11.3. The Labute approximate surface area is 108 Å². The van der Waals surface area contributed by atoms with Gasteiger partial charge in [-0.1, -0.05) is 35.3 Å². The summed E-state index contributed by atoms with van der Waals surface area (Å²) in [5.41, 5.74) is 2.82. The fourth-order valence-electron chi connectivity index (χ4n) is 1.72. The quantitative estimate of drug-likeness (QED) is 0.639. The van der Waals surface area contributed by atoms with Gasteiger partial charge in [0.2, 0.25) is 0 Å². The van der Waals surface area contributed by atoms with Gasteiger partial charge in [-0.05, 0) is 24.3 Å². The van der Waals surface area contributed by atoms with Gasteiger partial charge < -0.3 is 4.40 Å². The van der Waals surface area contributed by atoms with E-state index in [0.717, 1.165) is 21.9 Å². The van der Waals surface area contributed by atoms with Gasteiger partial charge in [0.25, 0.3) is 0 Å². The molecule has 0 amide bonds. The molecular formula is C13H8Cl2N2. The smallest absolute Gasteiger partial charge is 0.137 e. The first-order chi connectivity index (χ1) is 8.22. The van der Waals surface area contributed by atoms with Crippen molar-refractivity contribution < 1.29 is 0 Å². The molecule has 84 valence electrons. The van der Waals surface area contributed by atoms with Crippen LogP contribution < -0.4 is 0 Å². The van der Waals surface area contributed by atoms with Crippen molar-refractivity contribution in [2.45, 2.75) is 0 Å². The van der Waals surface area contributed by atoms with E-state index in [-0.39, 0.29) is 0 Å². The zero-order valence-electron chi connectivity index (χ0n) is 8.77. The van der Waals surface area contributed by atoms with Crippen LogP contribution in [0.5, 0.6) is 0 Å². The molecule has 17 heavy (non-hydrogen) atoms. The Morgan fingerprint density at radius 3 is 2.29 bits per heavy atom. The Balaban J connectivity index is 2.14. The summed E-state index contributed by atoms with van der Waals surface area (Å²) in [4.78, 5) is 4.51. The van der Waals surface area contributed by atoms with Crippen LogP contribution in [-0.2, 0) is 0 Å². The van der Waals surface area contributed by atoms with Crippen molar-refractivity contribution in [3.05, 3.63) is 58.8 Å². The lowest BCUT2D eigenvalue weighted by atomic mass is 10.2. The number of aromatic nitrogens is 2. The fraction of sp³-hybridized carbons (Fsp3) is 0. The van der Waals surface area contributed by atoms with Gasteiger partial charge in [0.15, 0.2) is 0 Å². The lowest BCUT2D eigenvalue weighted by molar-refractivity contribution is 1.19. The van der Waals surface area contributed by atoms with Crippen LogP contribution in [0.25, 0.3) is 16.9 Å². The Bertz CT molecular complexity index is 671. The number of rotatable bonds is 1. The fourth-order valence-corrected chi connectivity index (χ4v) is 2.02. The van der Waals surface area contributed by atoms with E-state index in [1.807, 2.05) is 53.2 Å². The van der Waals surface area contributed by atoms with Crippen LogP contribution in [0.2, 0.25) is 10.0 Å². The van der Waals surface area contributed by atoms with Gasteiger partial charge in [-0.25, -0.2) is 4.98 Å². The minimum absolute atomic E-state index is 0.692. The SMILES string of the molecule is Clc1ccc(-c2cn3cc(Cl)ccc3n2)cc1. The third kappa shape index (κ3) is 2.02. The summed E-state index contributed by atoms with van der Waals surface area (Å²) >= 11 is 11.8. The number of benzene rings is 1. The number of fused-ring (bicyclic) bond motifs is 1. The van der Waals surface area contributed by atoms with Crippen LogP contribution in [-0.4, -0.2) is 9.38 Å². The normalized spacial score (nSPS) is 10.9. The van der Waals surface area contributed by atoms with Crippen LogP contribution >= 0.6 is 23.2 Å². The van der Waals surface area contributed by atoms with Crippen molar-refractivity contribution in [2.24, 2.45) is 0 Å². The molecule has 0 N–H and O–H groups in total. The van der Waals surface area contributed by atoms with E-state index >= 15 is 0 Å². The van der Waals surface area contributed by atoms with E-state index in [9.17, 15) is 0 Å². The molecule has 0 spiro atoms. The van der Waals surface area contributed by atoms with E-state index in [0.29, 0.717) is 5.02 Å². The standard InChI is InChI=1S/C13H8Cl2N2/c14-10-3-1-9(2-4-10)12-8-17-7-11(15)5-6-13(17)16-12/h1-8H. The summed E-state index contributed by atoms with van der Waals surface area (Å²) < 4.78 is 1.91. The molecule has 2 nitrogen and oxygen atoms in total. The second-order valence-corrected chi connectivity index (χ2v) is 4.62. The molecule has 0 radical (unpaired) electrons. The largest absolute Gasteiger partial charge is 0.305 e. The van der Waals surface area contributed by atoms with E-state index in [1.165, 1.54) is 0 Å². The molecule has 0 bridgehead atoms. The summed E-state index contributed by atoms with van der Waals surface area (Å²) in [7, 11) is 0. The van der Waals surface area contributed by atoms with Crippen molar-refractivity contribution in [3.8, 4) is 11.3 Å². The van der Waals surface area contributed by atoms with Gasteiger partial charge in [-0.2, -0.15) is 0 Å². The zero-order chi connectivity index (χ0) is 11.8. The first kappa shape index (κ1) is 10.6. The summed E-state index contributed by atoms with van der Waals surface area (Å²) in [6.45, 7) is 0. The lowest BCUT2D eigenvalue weighted by Crippen LogP contribution is -1.79. The van der Waals surface area contributed by atoms with Gasteiger partial charge in [0.1, 0.15) is 5.65 Å². The molecule has 0 saturated carbocycles. The minimum atomic E-state index is 0.692. The molecule has 0 unspecified atom stereocenters. The van der Waals surface area contributed by atoms with Crippen molar-refractivity contribution in [3.63, 3.8) is 0 Å². The Morgan fingerprint density at radius 1 is 0.824 bits per heavy atom. The maximum Gasteiger partial charge on any atom is 0.137 e. The predicted molar refractivity (Wildman–Crippen MR) is 70.6 cm³/mol. The van der Waals surface area contributed by atoms with Crippen molar-refractivity contribution >= 4 is 28.8 Å². The zero-order valence-corrected chi connectivity index (χ0v) is 10.3. The Kier molecular flexibility index (Phi) is 2.54. The highest BCUT2D eigenvalue weighted by Gasteiger charge is 2.04. The molecule has 2 heterocycles. The Morgan fingerprint density at radius 2 is 1.53 bits per heavy atom. The van der Waals surface area contributed by atoms with Crippen LogP contribution in [0, 0.1) is 0 Å². The van der Waals surface area contributed by atoms with Crippen LogP contribution in [0.4, 0.5) is 0 Å². The molecule has 0 atom stereocenters. The van der Waals surface area contributed by atoms with Gasteiger partial charge >= 0.3 is 0 Å². The van der Waals surface area contributed by atoms with Crippen LogP contribution in [0.15, 0.2) is 48.8 Å². The average molecular weight is 263 g/mol. The van der Waals surface area contributed by atoms with E-state index in [1.54, 1.807) is 0 Å². The number of hydrogen-bond acceptors (Lipinski definition) is 1. The first-order valence-corrected chi connectivity index (χ1v) is 5.88. The molecule has 4 heteroatoms. The monoisotopic (exact) mass is 262 g/mol. The highest BCUT2D eigenvalue weighted by Crippen LogP contribution is 2.22. The molecule has 3 rings (SSSR count).